The van der Waals surface area contributed by atoms with Crippen LogP contribution in [-0.2, 0) is 23.3 Å². The number of hydrogen-bond donors (Lipinski definition) is 1. The van der Waals surface area contributed by atoms with Gasteiger partial charge in [-0.15, -0.1) is 0 Å². The van der Waals surface area contributed by atoms with Crippen molar-refractivity contribution in [2.24, 2.45) is 5.41 Å². The molecule has 3 rings (SSSR count). The fourth-order valence-electron chi connectivity index (χ4n) is 1.28. The van der Waals surface area contributed by atoms with Gasteiger partial charge < -0.3 is 19.3 Å². The highest BCUT2D eigenvalue weighted by Crippen LogP contribution is 2.45. The summed E-state index contributed by atoms with van der Waals surface area (Å²) >= 11 is 0. The standard InChI is InChI=1S/C6H9O6P/c7-1-5-2-10-6(11-3-5,12-4-5)13(8)9/h7H,1-4H2. The molecule has 0 spiro atoms. The molecule has 3 fully saturated rings. The van der Waals surface area contributed by atoms with Gasteiger partial charge in [-0.2, -0.15) is 0 Å². The van der Waals surface area contributed by atoms with Gasteiger partial charge in [0.1, 0.15) is 0 Å². The van der Waals surface area contributed by atoms with Gasteiger partial charge in [-0.05, 0) is 0 Å². The fraction of sp³-hybridized carbons (Fsp3) is 1.00. The quantitative estimate of drug-likeness (QED) is 0.634. The number of hydrogen-bond acceptors (Lipinski definition) is 6. The minimum Gasteiger partial charge on any atom is -0.396 e. The first-order valence-corrected chi connectivity index (χ1v) is 4.98. The maximum atomic E-state index is 10.7. The van der Waals surface area contributed by atoms with E-state index in [0.717, 1.165) is 0 Å². The van der Waals surface area contributed by atoms with Crippen molar-refractivity contribution in [3.8, 4) is 0 Å². The first-order chi connectivity index (χ1) is 6.13. The van der Waals surface area contributed by atoms with Gasteiger partial charge in [0.05, 0.1) is 31.8 Å². The molecule has 2 bridgehead atoms. The zero-order valence-corrected chi connectivity index (χ0v) is 7.66. The summed E-state index contributed by atoms with van der Waals surface area (Å²) in [5.74, 6) is 0. The second-order valence-electron chi connectivity index (χ2n) is 3.31. The van der Waals surface area contributed by atoms with E-state index in [1.807, 2.05) is 0 Å². The van der Waals surface area contributed by atoms with Crippen LogP contribution in [0.4, 0.5) is 0 Å². The summed E-state index contributed by atoms with van der Waals surface area (Å²) in [4.78, 5) is 0. The van der Waals surface area contributed by atoms with E-state index < -0.39 is 18.8 Å². The van der Waals surface area contributed by atoms with Crippen LogP contribution in [0.1, 0.15) is 0 Å². The Bertz CT molecular complexity index is 252. The average Bonchev–Trinajstić information content (AvgIpc) is 2.20. The molecule has 13 heavy (non-hydrogen) atoms. The van der Waals surface area contributed by atoms with Gasteiger partial charge in [0.15, 0.2) is 0 Å². The van der Waals surface area contributed by atoms with Crippen LogP contribution in [0.2, 0.25) is 0 Å². The van der Waals surface area contributed by atoms with Crippen LogP contribution in [0.5, 0.6) is 0 Å². The lowest BCUT2D eigenvalue weighted by molar-refractivity contribution is -0.425. The number of fused-ring (bicyclic) bond motifs is 3. The van der Waals surface area contributed by atoms with Crippen molar-refractivity contribution in [2.75, 3.05) is 26.4 Å². The average molecular weight is 208 g/mol. The lowest BCUT2D eigenvalue weighted by Crippen LogP contribution is -2.59. The van der Waals surface area contributed by atoms with Crippen molar-refractivity contribution >= 4 is 7.68 Å². The monoisotopic (exact) mass is 208 g/mol. The molecule has 0 aromatic carbocycles. The Kier molecular flexibility index (Phi) is 2.05. The molecule has 0 amide bonds. The Balaban J connectivity index is 2.20. The minimum atomic E-state index is -2.94. The summed E-state index contributed by atoms with van der Waals surface area (Å²) < 4.78 is 36.2. The summed E-state index contributed by atoms with van der Waals surface area (Å²) in [5.41, 5.74) is -2.49. The van der Waals surface area contributed by atoms with Crippen LogP contribution < -0.4 is 0 Å². The maximum Gasteiger partial charge on any atom is 0.408 e. The molecule has 0 saturated carbocycles. The summed E-state index contributed by atoms with van der Waals surface area (Å²) in [5, 5.41) is 9.00. The zero-order chi connectivity index (χ0) is 9.53. The molecule has 6 nitrogen and oxygen atoms in total. The lowest BCUT2D eigenvalue weighted by atomic mass is 9.91. The predicted molar refractivity (Wildman–Crippen MR) is 38.4 cm³/mol. The molecule has 0 atom stereocenters. The largest absolute Gasteiger partial charge is 0.408 e. The minimum absolute atomic E-state index is 0.140. The predicted octanol–water partition coefficient (Wildman–Crippen LogP) is -0.174. The molecule has 3 aliphatic heterocycles. The van der Waals surface area contributed by atoms with E-state index in [2.05, 4.69) is 0 Å². The van der Waals surface area contributed by atoms with Crippen LogP contribution in [-0.4, -0.2) is 37.2 Å². The van der Waals surface area contributed by atoms with Crippen LogP contribution in [0.25, 0.3) is 0 Å². The van der Waals surface area contributed by atoms with E-state index in [9.17, 15) is 9.13 Å². The molecule has 3 aliphatic rings. The molecular formula is C6H9O6P. The maximum absolute atomic E-state index is 10.7. The van der Waals surface area contributed by atoms with Crippen molar-refractivity contribution in [2.45, 2.75) is 5.71 Å². The smallest absolute Gasteiger partial charge is 0.396 e. The zero-order valence-electron chi connectivity index (χ0n) is 6.76. The third-order valence-corrected chi connectivity index (χ3v) is 3.08. The van der Waals surface area contributed by atoms with Crippen molar-refractivity contribution < 1.29 is 28.4 Å². The van der Waals surface area contributed by atoms with Crippen molar-refractivity contribution in [3.63, 3.8) is 0 Å². The highest BCUT2D eigenvalue weighted by atomic mass is 31.1. The first kappa shape index (κ1) is 9.30. The van der Waals surface area contributed by atoms with Gasteiger partial charge in [0.2, 0.25) is 0 Å². The lowest BCUT2D eigenvalue weighted by Gasteiger charge is -2.47. The second-order valence-corrected chi connectivity index (χ2v) is 4.37. The molecular weight excluding hydrogens is 199 g/mol. The SMILES string of the molecule is O=P(=O)C12OCC(CO)(CO1)CO2. The Labute approximate surface area is 74.6 Å². The third kappa shape index (κ3) is 1.26. The van der Waals surface area contributed by atoms with Crippen molar-refractivity contribution in [1.82, 2.24) is 0 Å². The molecule has 0 aromatic rings. The fourth-order valence-corrected chi connectivity index (χ4v) is 1.79. The van der Waals surface area contributed by atoms with Crippen LogP contribution >= 0.6 is 7.68 Å². The van der Waals surface area contributed by atoms with E-state index in [1.165, 1.54) is 0 Å². The normalized spacial score (nSPS) is 43.5. The van der Waals surface area contributed by atoms with E-state index in [4.69, 9.17) is 19.3 Å². The molecule has 1 N–H and O–H groups in total. The van der Waals surface area contributed by atoms with E-state index in [-0.39, 0.29) is 26.4 Å². The van der Waals surface area contributed by atoms with Crippen molar-refractivity contribution in [3.05, 3.63) is 0 Å². The summed E-state index contributed by atoms with van der Waals surface area (Å²) in [6.07, 6.45) is 0. The number of aliphatic hydroxyl groups excluding tert-OH is 1. The van der Waals surface area contributed by atoms with Gasteiger partial charge in [0.25, 0.3) is 0 Å². The molecule has 0 radical (unpaired) electrons. The highest BCUT2D eigenvalue weighted by molar-refractivity contribution is 7.32. The van der Waals surface area contributed by atoms with Crippen LogP contribution in [0.3, 0.4) is 0 Å². The summed E-state index contributed by atoms with van der Waals surface area (Å²) in [6.45, 7) is 0.297. The van der Waals surface area contributed by atoms with Gasteiger partial charge in [-0.25, -0.2) is 9.13 Å². The number of ether oxygens (including phenoxy) is 3. The van der Waals surface area contributed by atoms with Gasteiger partial charge >= 0.3 is 13.4 Å². The molecule has 0 aliphatic carbocycles. The third-order valence-electron chi connectivity index (χ3n) is 2.24. The molecule has 3 heterocycles. The topological polar surface area (TPSA) is 82.1 Å². The molecule has 7 heteroatoms. The van der Waals surface area contributed by atoms with E-state index in [0.29, 0.717) is 0 Å². The second kappa shape index (κ2) is 2.87. The van der Waals surface area contributed by atoms with Gasteiger partial charge in [-0.1, -0.05) is 0 Å². The van der Waals surface area contributed by atoms with Crippen molar-refractivity contribution in [1.29, 1.82) is 0 Å². The van der Waals surface area contributed by atoms with Gasteiger partial charge in [-0.3, -0.25) is 0 Å². The molecule has 0 aromatic heterocycles. The van der Waals surface area contributed by atoms with Gasteiger partial charge in [0, 0.05) is 0 Å². The number of rotatable bonds is 2. The van der Waals surface area contributed by atoms with Crippen LogP contribution in [0, 0.1) is 5.41 Å². The number of aliphatic hydroxyl groups is 1. The Morgan fingerprint density at radius 1 is 1.15 bits per heavy atom. The van der Waals surface area contributed by atoms with Crippen LogP contribution in [0.15, 0.2) is 0 Å². The molecule has 3 saturated heterocycles. The Hall–Kier alpha value is -0.260. The Morgan fingerprint density at radius 3 is 1.92 bits per heavy atom. The van der Waals surface area contributed by atoms with E-state index >= 15 is 0 Å². The van der Waals surface area contributed by atoms with E-state index in [1.54, 1.807) is 0 Å². The summed E-state index contributed by atoms with van der Waals surface area (Å²) in [7, 11) is -2.94. The Morgan fingerprint density at radius 2 is 1.62 bits per heavy atom. The molecule has 74 valence electrons. The first-order valence-electron chi connectivity index (χ1n) is 3.80. The summed E-state index contributed by atoms with van der Waals surface area (Å²) in [6, 6.07) is 0. The molecule has 0 unspecified atom stereocenters. The highest BCUT2D eigenvalue weighted by Gasteiger charge is 2.56.